The zero-order valence-electron chi connectivity index (χ0n) is 8.29. The van der Waals surface area contributed by atoms with Gasteiger partial charge in [0.05, 0.1) is 6.61 Å². The van der Waals surface area contributed by atoms with Gasteiger partial charge >= 0.3 is 6.09 Å². The van der Waals surface area contributed by atoms with Crippen LogP contribution in [0, 0.1) is 6.92 Å². The van der Waals surface area contributed by atoms with E-state index in [-0.39, 0.29) is 13.2 Å². The molecule has 0 fully saturated rings. The monoisotopic (exact) mass is 229 g/mol. The van der Waals surface area contributed by atoms with E-state index in [2.05, 4.69) is 10.1 Å². The Bertz CT molecular complexity index is 355. The summed E-state index contributed by atoms with van der Waals surface area (Å²) in [4.78, 5) is 11.1. The molecule has 1 amide bonds. The van der Waals surface area contributed by atoms with Gasteiger partial charge in [0, 0.05) is 10.7 Å². The number of ether oxygens (including phenoxy) is 1. The molecule has 0 saturated carbocycles. The largest absolute Gasteiger partial charge is 0.447 e. The zero-order valence-corrected chi connectivity index (χ0v) is 9.04. The molecule has 0 aliphatic carbocycles. The second-order valence-corrected chi connectivity index (χ2v) is 3.30. The lowest BCUT2D eigenvalue weighted by Gasteiger charge is -2.09. The first-order valence-electron chi connectivity index (χ1n) is 4.45. The third-order valence-electron chi connectivity index (χ3n) is 1.83. The summed E-state index contributed by atoms with van der Waals surface area (Å²) >= 11 is 5.87. The van der Waals surface area contributed by atoms with Crippen LogP contribution in [0.1, 0.15) is 5.56 Å². The summed E-state index contributed by atoms with van der Waals surface area (Å²) in [5.41, 5.74) is 1.38. The molecular weight excluding hydrogens is 218 g/mol. The zero-order chi connectivity index (χ0) is 11.3. The van der Waals surface area contributed by atoms with Crippen LogP contribution in [0.15, 0.2) is 18.2 Å². The number of carbonyl (C=O) groups excluding carboxylic acids is 1. The summed E-state index contributed by atoms with van der Waals surface area (Å²) in [5, 5.41) is 11.6. The summed E-state index contributed by atoms with van der Waals surface area (Å²) in [6, 6.07) is 5.19. The van der Waals surface area contributed by atoms with Crippen LogP contribution in [-0.2, 0) is 4.74 Å². The van der Waals surface area contributed by atoms with Crippen molar-refractivity contribution in [2.75, 3.05) is 18.5 Å². The number of aliphatic hydroxyl groups excluding tert-OH is 1. The number of anilines is 1. The number of hydrogen-bond donors (Lipinski definition) is 2. The van der Waals surface area contributed by atoms with Crippen molar-refractivity contribution in [2.45, 2.75) is 6.92 Å². The van der Waals surface area contributed by atoms with E-state index in [0.29, 0.717) is 10.7 Å². The number of hydrogen-bond acceptors (Lipinski definition) is 3. The Kier molecular flexibility index (Phi) is 4.39. The lowest BCUT2D eigenvalue weighted by molar-refractivity contribution is 0.131. The SMILES string of the molecule is Cc1c(Cl)cccc1NC(=O)OCCO. The number of carbonyl (C=O) groups is 1. The number of amides is 1. The Labute approximate surface area is 92.8 Å². The van der Waals surface area contributed by atoms with Gasteiger partial charge in [-0.15, -0.1) is 0 Å². The maximum atomic E-state index is 11.1. The smallest absolute Gasteiger partial charge is 0.411 e. The average Bonchev–Trinajstić information content (AvgIpc) is 2.22. The Balaban J connectivity index is 2.64. The van der Waals surface area contributed by atoms with E-state index in [1.807, 2.05) is 0 Å². The van der Waals surface area contributed by atoms with Gasteiger partial charge < -0.3 is 9.84 Å². The van der Waals surface area contributed by atoms with Crippen LogP contribution in [0.4, 0.5) is 10.5 Å². The van der Waals surface area contributed by atoms with Crippen molar-refractivity contribution in [1.82, 2.24) is 0 Å². The molecule has 5 heteroatoms. The molecular formula is C10H12ClNO3. The molecule has 4 nitrogen and oxygen atoms in total. The van der Waals surface area contributed by atoms with E-state index in [1.165, 1.54) is 0 Å². The van der Waals surface area contributed by atoms with Gasteiger partial charge in [-0.2, -0.15) is 0 Å². The van der Waals surface area contributed by atoms with E-state index in [4.69, 9.17) is 16.7 Å². The number of nitrogens with one attached hydrogen (secondary N) is 1. The fraction of sp³-hybridized carbons (Fsp3) is 0.300. The topological polar surface area (TPSA) is 58.6 Å². The normalized spacial score (nSPS) is 9.80. The van der Waals surface area contributed by atoms with Crippen LogP contribution in [0.25, 0.3) is 0 Å². The van der Waals surface area contributed by atoms with Gasteiger partial charge in [0.1, 0.15) is 6.61 Å². The Morgan fingerprint density at radius 3 is 3.00 bits per heavy atom. The summed E-state index contributed by atoms with van der Waals surface area (Å²) < 4.78 is 4.65. The summed E-state index contributed by atoms with van der Waals surface area (Å²) in [5.74, 6) is 0. The lowest BCUT2D eigenvalue weighted by atomic mass is 10.2. The highest BCUT2D eigenvalue weighted by Crippen LogP contribution is 2.22. The van der Waals surface area contributed by atoms with Gasteiger partial charge in [0.2, 0.25) is 0 Å². The van der Waals surface area contributed by atoms with Gasteiger partial charge in [0.25, 0.3) is 0 Å². The maximum Gasteiger partial charge on any atom is 0.411 e. The summed E-state index contributed by atoms with van der Waals surface area (Å²) in [6.45, 7) is 1.58. The molecule has 15 heavy (non-hydrogen) atoms. The molecule has 0 aliphatic rings. The predicted molar refractivity (Wildman–Crippen MR) is 58.2 cm³/mol. The van der Waals surface area contributed by atoms with E-state index >= 15 is 0 Å². The van der Waals surface area contributed by atoms with E-state index in [1.54, 1.807) is 25.1 Å². The highest BCUT2D eigenvalue weighted by Gasteiger charge is 2.06. The molecule has 0 heterocycles. The Hall–Kier alpha value is -1.26. The molecule has 1 aromatic rings. The van der Waals surface area contributed by atoms with E-state index in [9.17, 15) is 4.79 Å². The maximum absolute atomic E-state index is 11.1. The third kappa shape index (κ3) is 3.42. The number of rotatable bonds is 3. The van der Waals surface area contributed by atoms with Crippen LogP contribution < -0.4 is 5.32 Å². The van der Waals surface area contributed by atoms with Crippen LogP contribution in [0.3, 0.4) is 0 Å². The van der Waals surface area contributed by atoms with Gasteiger partial charge in [0.15, 0.2) is 0 Å². The Morgan fingerprint density at radius 2 is 2.33 bits per heavy atom. The van der Waals surface area contributed by atoms with Gasteiger partial charge in [-0.05, 0) is 24.6 Å². The highest BCUT2D eigenvalue weighted by molar-refractivity contribution is 6.31. The summed E-state index contributed by atoms with van der Waals surface area (Å²) in [6.07, 6.45) is -0.602. The van der Waals surface area contributed by atoms with Crippen LogP contribution in [0.5, 0.6) is 0 Å². The fourth-order valence-electron chi connectivity index (χ4n) is 1.03. The molecule has 0 aromatic heterocycles. The quantitative estimate of drug-likeness (QED) is 0.835. The highest BCUT2D eigenvalue weighted by atomic mass is 35.5. The minimum atomic E-state index is -0.602. The van der Waals surface area contributed by atoms with Crippen molar-refractivity contribution < 1.29 is 14.6 Å². The molecule has 0 radical (unpaired) electrons. The molecule has 0 bridgehead atoms. The van der Waals surface area contributed by atoms with Crippen LogP contribution in [-0.4, -0.2) is 24.4 Å². The van der Waals surface area contributed by atoms with Crippen molar-refractivity contribution >= 4 is 23.4 Å². The van der Waals surface area contributed by atoms with Crippen molar-refractivity contribution in [3.63, 3.8) is 0 Å². The third-order valence-corrected chi connectivity index (χ3v) is 2.24. The second-order valence-electron chi connectivity index (χ2n) is 2.90. The molecule has 0 atom stereocenters. The molecule has 0 aliphatic heterocycles. The standard InChI is InChI=1S/C10H12ClNO3/c1-7-8(11)3-2-4-9(7)12-10(14)15-6-5-13/h2-4,13H,5-6H2,1H3,(H,12,14). The minimum Gasteiger partial charge on any atom is -0.447 e. The first-order chi connectivity index (χ1) is 7.15. The first kappa shape index (κ1) is 11.8. The number of benzene rings is 1. The number of halogens is 1. The second kappa shape index (κ2) is 5.58. The van der Waals surface area contributed by atoms with Crippen LogP contribution in [0.2, 0.25) is 5.02 Å². The molecule has 1 aromatic carbocycles. The minimum absolute atomic E-state index is 0.0224. The molecule has 2 N–H and O–H groups in total. The molecule has 82 valence electrons. The van der Waals surface area contributed by atoms with Crippen molar-refractivity contribution in [1.29, 1.82) is 0 Å². The fourth-order valence-corrected chi connectivity index (χ4v) is 1.20. The van der Waals surface area contributed by atoms with Crippen LogP contribution >= 0.6 is 11.6 Å². The van der Waals surface area contributed by atoms with E-state index < -0.39 is 6.09 Å². The molecule has 1 rings (SSSR count). The summed E-state index contributed by atoms with van der Waals surface area (Å²) in [7, 11) is 0. The predicted octanol–water partition coefficient (Wildman–Crippen LogP) is 2.19. The van der Waals surface area contributed by atoms with E-state index in [0.717, 1.165) is 5.56 Å². The lowest BCUT2D eigenvalue weighted by Crippen LogP contribution is -2.16. The van der Waals surface area contributed by atoms with Crippen molar-refractivity contribution in [2.24, 2.45) is 0 Å². The number of aliphatic hydroxyl groups is 1. The van der Waals surface area contributed by atoms with Crippen molar-refractivity contribution in [3.8, 4) is 0 Å². The molecule has 0 unspecified atom stereocenters. The average molecular weight is 230 g/mol. The Morgan fingerprint density at radius 1 is 1.60 bits per heavy atom. The van der Waals surface area contributed by atoms with Gasteiger partial charge in [-0.1, -0.05) is 17.7 Å². The molecule has 0 saturated heterocycles. The first-order valence-corrected chi connectivity index (χ1v) is 4.82. The molecule has 0 spiro atoms. The van der Waals surface area contributed by atoms with Gasteiger partial charge in [-0.3, -0.25) is 5.32 Å². The van der Waals surface area contributed by atoms with Gasteiger partial charge in [-0.25, -0.2) is 4.79 Å². The van der Waals surface area contributed by atoms with Crippen molar-refractivity contribution in [3.05, 3.63) is 28.8 Å².